The Morgan fingerprint density at radius 3 is 2.65 bits per heavy atom. The summed E-state index contributed by atoms with van der Waals surface area (Å²) in [5, 5.41) is 3.12. The zero-order valence-corrected chi connectivity index (χ0v) is 11.5. The summed E-state index contributed by atoms with van der Waals surface area (Å²) < 4.78 is 37.9. The molecule has 1 N–H and O–H groups in total. The van der Waals surface area contributed by atoms with Gasteiger partial charge >= 0.3 is 6.18 Å². The number of alkyl halides is 3. The van der Waals surface area contributed by atoms with Crippen molar-refractivity contribution in [3.8, 4) is 0 Å². The minimum absolute atomic E-state index is 0.187. The van der Waals surface area contributed by atoms with Crippen molar-refractivity contribution in [2.24, 2.45) is 5.92 Å². The molecule has 4 nitrogen and oxygen atoms in total. The number of aromatic nitrogens is 2. The lowest BCUT2D eigenvalue weighted by Crippen LogP contribution is -2.35. The summed E-state index contributed by atoms with van der Waals surface area (Å²) in [6.07, 6.45) is -0.183. The number of nitrogens with one attached hydrogen (secondary N) is 1. The van der Waals surface area contributed by atoms with Crippen molar-refractivity contribution in [2.45, 2.75) is 25.4 Å². The standard InChI is InChI=1S/C13H19F3N4/c1-17-6-2-10-4-8-20(9-5-10)12-18-7-3-11(19-12)13(14,15)16/h3,7,10,17H,2,4-6,8-9H2,1H3. The third-order valence-corrected chi connectivity index (χ3v) is 3.63. The van der Waals surface area contributed by atoms with Crippen LogP contribution in [0.3, 0.4) is 0 Å². The van der Waals surface area contributed by atoms with Crippen LogP contribution in [-0.2, 0) is 6.18 Å². The van der Waals surface area contributed by atoms with Crippen molar-refractivity contribution in [2.75, 3.05) is 31.6 Å². The number of anilines is 1. The van der Waals surface area contributed by atoms with Gasteiger partial charge in [-0.05, 0) is 44.8 Å². The summed E-state index contributed by atoms with van der Waals surface area (Å²) in [5.74, 6) is 0.816. The highest BCUT2D eigenvalue weighted by atomic mass is 19.4. The maximum atomic E-state index is 12.6. The monoisotopic (exact) mass is 288 g/mol. The molecule has 2 heterocycles. The van der Waals surface area contributed by atoms with Gasteiger partial charge in [0.2, 0.25) is 5.95 Å². The largest absolute Gasteiger partial charge is 0.433 e. The first-order valence-corrected chi connectivity index (χ1v) is 6.80. The molecule has 1 fully saturated rings. The number of hydrogen-bond acceptors (Lipinski definition) is 4. The first-order chi connectivity index (χ1) is 9.50. The van der Waals surface area contributed by atoms with Crippen LogP contribution in [0.1, 0.15) is 25.0 Å². The van der Waals surface area contributed by atoms with E-state index in [0.717, 1.165) is 45.0 Å². The van der Waals surface area contributed by atoms with Gasteiger partial charge in [-0.3, -0.25) is 0 Å². The van der Waals surface area contributed by atoms with Gasteiger partial charge in [0.25, 0.3) is 0 Å². The summed E-state index contributed by atoms with van der Waals surface area (Å²) in [4.78, 5) is 9.44. The van der Waals surface area contributed by atoms with Crippen LogP contribution >= 0.6 is 0 Å². The summed E-state index contributed by atoms with van der Waals surface area (Å²) in [6, 6.07) is 0.906. The van der Waals surface area contributed by atoms with Crippen molar-refractivity contribution in [3.63, 3.8) is 0 Å². The van der Waals surface area contributed by atoms with Crippen molar-refractivity contribution in [1.82, 2.24) is 15.3 Å². The molecule has 1 aromatic heterocycles. The van der Waals surface area contributed by atoms with Crippen LogP contribution in [0.4, 0.5) is 19.1 Å². The molecule has 0 bridgehead atoms. The predicted octanol–water partition coefficient (Wildman–Crippen LogP) is 2.32. The highest BCUT2D eigenvalue weighted by Gasteiger charge is 2.33. The fourth-order valence-corrected chi connectivity index (χ4v) is 2.43. The summed E-state index contributed by atoms with van der Waals surface area (Å²) in [6.45, 7) is 2.41. The molecule has 0 radical (unpaired) electrons. The van der Waals surface area contributed by atoms with E-state index in [9.17, 15) is 13.2 Å². The van der Waals surface area contributed by atoms with E-state index in [-0.39, 0.29) is 5.95 Å². The predicted molar refractivity (Wildman–Crippen MR) is 70.5 cm³/mol. The quantitative estimate of drug-likeness (QED) is 0.923. The molecule has 2 rings (SSSR count). The molecule has 0 unspecified atom stereocenters. The van der Waals surface area contributed by atoms with Gasteiger partial charge in [0.15, 0.2) is 0 Å². The van der Waals surface area contributed by atoms with Gasteiger partial charge in [-0.25, -0.2) is 9.97 Å². The van der Waals surface area contributed by atoms with Gasteiger partial charge in [-0.1, -0.05) is 0 Å². The van der Waals surface area contributed by atoms with Crippen LogP contribution in [0.2, 0.25) is 0 Å². The van der Waals surface area contributed by atoms with E-state index in [0.29, 0.717) is 5.92 Å². The molecular weight excluding hydrogens is 269 g/mol. The fraction of sp³-hybridized carbons (Fsp3) is 0.692. The zero-order valence-electron chi connectivity index (χ0n) is 11.5. The Bertz CT molecular complexity index is 428. The second kappa shape index (κ2) is 6.39. The average molecular weight is 288 g/mol. The number of hydrogen-bond donors (Lipinski definition) is 1. The van der Waals surface area contributed by atoms with Crippen LogP contribution in [0, 0.1) is 5.92 Å². The highest BCUT2D eigenvalue weighted by Crippen LogP contribution is 2.29. The lowest BCUT2D eigenvalue weighted by Gasteiger charge is -2.32. The van der Waals surface area contributed by atoms with Crippen LogP contribution < -0.4 is 10.2 Å². The summed E-state index contributed by atoms with van der Waals surface area (Å²) in [7, 11) is 1.92. The zero-order chi connectivity index (χ0) is 14.6. The molecule has 7 heteroatoms. The Balaban J connectivity index is 1.97. The van der Waals surface area contributed by atoms with Crippen LogP contribution in [0.25, 0.3) is 0 Å². The van der Waals surface area contributed by atoms with E-state index in [2.05, 4.69) is 15.3 Å². The van der Waals surface area contributed by atoms with E-state index >= 15 is 0 Å². The van der Waals surface area contributed by atoms with E-state index in [1.54, 1.807) is 0 Å². The minimum Gasteiger partial charge on any atom is -0.341 e. The van der Waals surface area contributed by atoms with E-state index < -0.39 is 11.9 Å². The lowest BCUT2D eigenvalue weighted by atomic mass is 9.94. The van der Waals surface area contributed by atoms with Crippen molar-refractivity contribution >= 4 is 5.95 Å². The molecule has 1 saturated heterocycles. The second-order valence-corrected chi connectivity index (χ2v) is 5.06. The third-order valence-electron chi connectivity index (χ3n) is 3.63. The molecule has 0 spiro atoms. The fourth-order valence-electron chi connectivity index (χ4n) is 2.43. The Morgan fingerprint density at radius 1 is 1.35 bits per heavy atom. The molecule has 0 aromatic carbocycles. The van der Waals surface area contributed by atoms with Crippen molar-refractivity contribution in [1.29, 1.82) is 0 Å². The van der Waals surface area contributed by atoms with Crippen LogP contribution in [-0.4, -0.2) is 36.6 Å². The Kier molecular flexibility index (Phi) is 4.80. The van der Waals surface area contributed by atoms with Crippen LogP contribution in [0.5, 0.6) is 0 Å². The maximum Gasteiger partial charge on any atom is 0.433 e. The minimum atomic E-state index is -4.41. The van der Waals surface area contributed by atoms with Crippen molar-refractivity contribution < 1.29 is 13.2 Å². The number of nitrogens with zero attached hydrogens (tertiary/aromatic N) is 3. The van der Waals surface area contributed by atoms with Gasteiger partial charge in [0.05, 0.1) is 0 Å². The van der Waals surface area contributed by atoms with E-state index in [1.807, 2.05) is 11.9 Å². The lowest BCUT2D eigenvalue weighted by molar-refractivity contribution is -0.141. The van der Waals surface area contributed by atoms with Crippen LogP contribution in [0.15, 0.2) is 12.3 Å². The molecule has 1 aliphatic heterocycles. The first-order valence-electron chi connectivity index (χ1n) is 6.80. The topological polar surface area (TPSA) is 41.0 Å². The van der Waals surface area contributed by atoms with Gasteiger partial charge in [0, 0.05) is 19.3 Å². The normalized spacial score (nSPS) is 17.5. The Hall–Kier alpha value is -1.37. The van der Waals surface area contributed by atoms with E-state index in [1.165, 1.54) is 6.20 Å². The second-order valence-electron chi connectivity index (χ2n) is 5.06. The summed E-state index contributed by atoms with van der Waals surface area (Å²) in [5.41, 5.74) is -0.875. The molecule has 112 valence electrons. The van der Waals surface area contributed by atoms with Crippen molar-refractivity contribution in [3.05, 3.63) is 18.0 Å². The van der Waals surface area contributed by atoms with Gasteiger partial charge in [0.1, 0.15) is 5.69 Å². The molecule has 20 heavy (non-hydrogen) atoms. The Morgan fingerprint density at radius 2 is 2.05 bits per heavy atom. The van der Waals surface area contributed by atoms with E-state index in [4.69, 9.17) is 0 Å². The number of rotatable bonds is 4. The molecule has 0 saturated carbocycles. The van der Waals surface area contributed by atoms with Gasteiger partial charge in [-0.2, -0.15) is 13.2 Å². The smallest absolute Gasteiger partial charge is 0.341 e. The molecule has 0 amide bonds. The molecule has 0 atom stereocenters. The van der Waals surface area contributed by atoms with Gasteiger partial charge in [-0.15, -0.1) is 0 Å². The maximum absolute atomic E-state index is 12.6. The summed E-state index contributed by atoms with van der Waals surface area (Å²) >= 11 is 0. The highest BCUT2D eigenvalue weighted by molar-refractivity contribution is 5.31. The average Bonchev–Trinajstić information content (AvgIpc) is 2.45. The Labute approximate surface area is 116 Å². The number of piperidine rings is 1. The first kappa shape index (κ1) is 15.0. The number of halogens is 3. The molecule has 1 aromatic rings. The SMILES string of the molecule is CNCCC1CCN(c2nccc(C(F)(F)F)n2)CC1. The molecule has 1 aliphatic rings. The molecular formula is C13H19F3N4. The van der Waals surface area contributed by atoms with Gasteiger partial charge < -0.3 is 10.2 Å². The molecule has 0 aliphatic carbocycles. The third kappa shape index (κ3) is 3.82.